The van der Waals surface area contributed by atoms with E-state index in [0.29, 0.717) is 6.42 Å². The third kappa shape index (κ3) is 4.89. The van der Waals surface area contributed by atoms with Crippen LogP contribution >= 0.6 is 0 Å². The van der Waals surface area contributed by atoms with Crippen molar-refractivity contribution in [3.05, 3.63) is 47.4 Å². The fourth-order valence-corrected chi connectivity index (χ4v) is 4.66. The largest absolute Gasteiger partial charge is 0.784 e. The third-order valence-corrected chi connectivity index (χ3v) is 10.4. The van der Waals surface area contributed by atoms with Crippen molar-refractivity contribution in [1.82, 2.24) is 10.0 Å². The van der Waals surface area contributed by atoms with Gasteiger partial charge in [-0.1, -0.05) is 33.4 Å². The maximum atomic E-state index is 13.0. The van der Waals surface area contributed by atoms with Gasteiger partial charge >= 0.3 is 5.97 Å². The van der Waals surface area contributed by atoms with E-state index in [1.807, 2.05) is 19.1 Å². The number of aromatic nitrogens is 1. The Bertz CT molecular complexity index is 717. The number of nitrogens with zero attached hydrogens (tertiary/aromatic N) is 2. The third-order valence-electron chi connectivity index (χ3n) is 5.85. The molecule has 7 heteroatoms. The number of hydrogen-bond acceptors (Lipinski definition) is 6. The van der Waals surface area contributed by atoms with Crippen LogP contribution in [0, 0.1) is 12.1 Å². The molecule has 0 aliphatic carbocycles. The van der Waals surface area contributed by atoms with Gasteiger partial charge < -0.3 is 19.4 Å². The van der Waals surface area contributed by atoms with Gasteiger partial charge in [-0.2, -0.15) is 0 Å². The van der Waals surface area contributed by atoms with E-state index in [1.54, 1.807) is 6.20 Å². The van der Waals surface area contributed by atoms with Crippen molar-refractivity contribution in [3.63, 3.8) is 0 Å². The minimum absolute atomic E-state index is 0.0253. The van der Waals surface area contributed by atoms with Gasteiger partial charge in [0.05, 0.1) is 6.10 Å². The highest BCUT2D eigenvalue weighted by molar-refractivity contribution is 6.74. The van der Waals surface area contributed by atoms with Crippen molar-refractivity contribution < 1.29 is 14.0 Å². The van der Waals surface area contributed by atoms with Crippen molar-refractivity contribution in [2.75, 3.05) is 13.2 Å². The second-order valence-corrected chi connectivity index (χ2v) is 13.9. The highest BCUT2D eigenvalue weighted by Crippen LogP contribution is 2.41. The molecule has 0 saturated carbocycles. The van der Waals surface area contributed by atoms with Gasteiger partial charge in [-0.25, -0.2) is 0 Å². The first kappa shape index (κ1) is 22.7. The molecule has 28 heavy (non-hydrogen) atoms. The van der Waals surface area contributed by atoms with Crippen molar-refractivity contribution in [2.24, 2.45) is 0 Å². The zero-order chi connectivity index (χ0) is 21.2. The predicted molar refractivity (Wildman–Crippen MR) is 113 cm³/mol. The Hall–Kier alpha value is -1.54. The van der Waals surface area contributed by atoms with Crippen molar-refractivity contribution in [1.29, 1.82) is 0 Å². The van der Waals surface area contributed by atoms with E-state index < -0.39 is 19.8 Å². The SMILES string of the molecule is C=CCOC(=O)[C@@]1(Cc2ccnc(C)c2)C[C@@H](O[Si](C)(C)C(C)(C)C)CN1[O-]. The van der Waals surface area contributed by atoms with Gasteiger partial charge in [-0.05, 0) is 42.8 Å². The fourth-order valence-electron chi connectivity index (χ4n) is 3.31. The smallest absolute Gasteiger partial charge is 0.326 e. The second kappa shape index (κ2) is 8.45. The summed E-state index contributed by atoms with van der Waals surface area (Å²) in [7, 11) is -2.07. The molecule has 1 aliphatic heterocycles. The lowest BCUT2D eigenvalue weighted by Crippen LogP contribution is -2.50. The van der Waals surface area contributed by atoms with Crippen LogP contribution in [0.4, 0.5) is 0 Å². The standard InChI is InChI=1S/C21H33N2O4Si/c1-8-11-26-19(24)21(13-17-9-10-22-16(2)12-17)14-18(15-23(21)25)27-28(6,7)20(3,4)5/h8-10,12,18H,1,11,13-15H2,2-7H3/q-1/t18-,21-/m1/s1. The molecule has 1 saturated heterocycles. The second-order valence-electron chi connectivity index (χ2n) is 9.17. The zero-order valence-electron chi connectivity index (χ0n) is 17.9. The number of pyridine rings is 1. The van der Waals surface area contributed by atoms with Crippen LogP contribution in [-0.2, 0) is 20.4 Å². The van der Waals surface area contributed by atoms with E-state index in [4.69, 9.17) is 9.16 Å². The quantitative estimate of drug-likeness (QED) is 0.388. The van der Waals surface area contributed by atoms with Gasteiger partial charge in [-0.15, -0.1) is 0 Å². The maximum Gasteiger partial charge on any atom is 0.326 e. The summed E-state index contributed by atoms with van der Waals surface area (Å²) < 4.78 is 11.8. The van der Waals surface area contributed by atoms with Crippen LogP contribution in [-0.4, -0.2) is 49.1 Å². The first-order valence-corrected chi connectivity index (χ1v) is 12.6. The van der Waals surface area contributed by atoms with E-state index in [0.717, 1.165) is 16.3 Å². The Morgan fingerprint density at radius 1 is 1.50 bits per heavy atom. The van der Waals surface area contributed by atoms with Gasteiger partial charge in [0.1, 0.15) is 12.1 Å². The lowest BCUT2D eigenvalue weighted by molar-refractivity contribution is -0.154. The first-order chi connectivity index (χ1) is 12.9. The van der Waals surface area contributed by atoms with Crippen molar-refractivity contribution in [3.8, 4) is 0 Å². The average molecular weight is 406 g/mol. The van der Waals surface area contributed by atoms with Gasteiger partial charge in [0.15, 0.2) is 8.32 Å². The lowest BCUT2D eigenvalue weighted by atomic mass is 9.88. The van der Waals surface area contributed by atoms with Gasteiger partial charge in [-0.3, -0.25) is 9.78 Å². The summed E-state index contributed by atoms with van der Waals surface area (Å²) in [6.45, 7) is 16.5. The number of hydroxylamine groups is 2. The Morgan fingerprint density at radius 3 is 2.75 bits per heavy atom. The van der Waals surface area contributed by atoms with Crippen LogP contribution in [0.2, 0.25) is 18.1 Å². The monoisotopic (exact) mass is 405 g/mol. The van der Waals surface area contributed by atoms with E-state index >= 15 is 0 Å². The molecule has 0 spiro atoms. The Morgan fingerprint density at radius 2 is 2.18 bits per heavy atom. The Kier molecular flexibility index (Phi) is 6.86. The summed E-state index contributed by atoms with van der Waals surface area (Å²) in [5.74, 6) is -0.516. The predicted octanol–water partition coefficient (Wildman–Crippen LogP) is 3.99. The van der Waals surface area contributed by atoms with Crippen LogP contribution in [0.5, 0.6) is 0 Å². The molecule has 0 amide bonds. The molecule has 2 heterocycles. The van der Waals surface area contributed by atoms with Crippen molar-refractivity contribution in [2.45, 2.75) is 70.3 Å². The van der Waals surface area contributed by atoms with Crippen LogP contribution in [0.25, 0.3) is 0 Å². The van der Waals surface area contributed by atoms with Crippen LogP contribution in [0.3, 0.4) is 0 Å². The van der Waals surface area contributed by atoms with Gasteiger partial charge in [0, 0.05) is 31.3 Å². The summed E-state index contributed by atoms with van der Waals surface area (Å²) in [5, 5.41) is 13.9. The molecule has 6 nitrogen and oxygen atoms in total. The highest BCUT2D eigenvalue weighted by Gasteiger charge is 2.51. The van der Waals surface area contributed by atoms with Gasteiger partial charge in [0.2, 0.25) is 0 Å². The molecule has 0 bridgehead atoms. The number of carbonyl (C=O) groups excluding carboxylic acids is 1. The molecule has 2 rings (SSSR count). The summed E-state index contributed by atoms with van der Waals surface area (Å²) in [4.78, 5) is 17.2. The molecule has 1 fully saturated rings. The van der Waals surface area contributed by atoms with Crippen molar-refractivity contribution >= 4 is 14.3 Å². The van der Waals surface area contributed by atoms with Gasteiger partial charge in [0.25, 0.3) is 0 Å². The highest BCUT2D eigenvalue weighted by atomic mass is 28.4. The van der Waals surface area contributed by atoms with Crippen LogP contribution in [0.15, 0.2) is 31.0 Å². The van der Waals surface area contributed by atoms with E-state index in [1.165, 1.54) is 6.08 Å². The summed E-state index contributed by atoms with van der Waals surface area (Å²) in [5.41, 5.74) is 0.442. The average Bonchev–Trinajstić information content (AvgIpc) is 2.87. The summed E-state index contributed by atoms with van der Waals surface area (Å²) in [6, 6.07) is 3.74. The molecule has 156 valence electrons. The zero-order valence-corrected chi connectivity index (χ0v) is 18.9. The molecule has 0 aromatic carbocycles. The number of esters is 1. The molecule has 1 aromatic rings. The number of rotatable bonds is 7. The normalized spacial score (nSPS) is 23.6. The van der Waals surface area contributed by atoms with E-state index in [-0.39, 0.29) is 30.7 Å². The molecule has 1 aliphatic rings. The van der Waals surface area contributed by atoms with Crippen LogP contribution in [0.1, 0.15) is 38.4 Å². The molecule has 0 radical (unpaired) electrons. The molecule has 0 N–H and O–H groups in total. The first-order valence-electron chi connectivity index (χ1n) is 9.73. The number of aryl methyl sites for hydroxylation is 1. The summed E-state index contributed by atoms with van der Waals surface area (Å²) >= 11 is 0. The summed E-state index contributed by atoms with van der Waals surface area (Å²) in [6.07, 6.45) is 3.50. The fraction of sp³-hybridized carbons (Fsp3) is 0.619. The maximum absolute atomic E-state index is 13.0. The molecule has 2 atom stereocenters. The molecular formula is C21H33N2O4Si-. The Balaban J connectivity index is 2.31. The number of ether oxygens (including phenoxy) is 1. The minimum Gasteiger partial charge on any atom is -0.784 e. The Labute approximate surface area is 169 Å². The molecule has 1 aromatic heterocycles. The van der Waals surface area contributed by atoms with E-state index in [9.17, 15) is 10.0 Å². The topological polar surface area (TPSA) is 74.7 Å². The molecule has 0 unspecified atom stereocenters. The number of carbonyl (C=O) groups is 1. The minimum atomic E-state index is -2.07. The molecular weight excluding hydrogens is 372 g/mol. The lowest BCUT2D eigenvalue weighted by Gasteiger charge is -2.40. The number of hydrogen-bond donors (Lipinski definition) is 0. The van der Waals surface area contributed by atoms with E-state index in [2.05, 4.69) is 45.4 Å². The van der Waals surface area contributed by atoms with Crippen LogP contribution < -0.4 is 0 Å².